The van der Waals surface area contributed by atoms with E-state index in [1.807, 2.05) is 13.8 Å². The standard InChI is InChI=1S/C15H19N5O4S2/c1-9(2)8-16-13(22)11-6-4-5-7-12(11)20-26(23,24)15-19-18-14(25-15)17-10(3)21/h4-7,9,20H,8H2,1-3H3,(H,16,22)(H,17,18,21). The van der Waals surface area contributed by atoms with E-state index in [9.17, 15) is 18.0 Å². The summed E-state index contributed by atoms with van der Waals surface area (Å²) in [5, 5.41) is 12.4. The Kier molecular flexibility index (Phi) is 6.27. The van der Waals surface area contributed by atoms with Crippen LogP contribution in [0.25, 0.3) is 0 Å². The lowest BCUT2D eigenvalue weighted by atomic mass is 10.1. The molecular weight excluding hydrogens is 378 g/mol. The number of sulfonamides is 1. The van der Waals surface area contributed by atoms with E-state index >= 15 is 0 Å². The average Bonchev–Trinajstić information content (AvgIpc) is 3.01. The quantitative estimate of drug-likeness (QED) is 0.610. The molecule has 0 bridgehead atoms. The van der Waals surface area contributed by atoms with Crippen LogP contribution in [0, 0.1) is 5.92 Å². The van der Waals surface area contributed by atoms with E-state index in [0.717, 1.165) is 0 Å². The zero-order chi connectivity index (χ0) is 19.3. The summed E-state index contributed by atoms with van der Waals surface area (Å²) in [7, 11) is -4.05. The number of para-hydroxylation sites is 1. The molecule has 1 aromatic heterocycles. The highest BCUT2D eigenvalue weighted by atomic mass is 32.2. The monoisotopic (exact) mass is 397 g/mol. The van der Waals surface area contributed by atoms with Gasteiger partial charge in [-0.25, -0.2) is 0 Å². The Hall–Kier alpha value is -2.53. The number of nitrogens with one attached hydrogen (secondary N) is 3. The van der Waals surface area contributed by atoms with Crippen molar-refractivity contribution in [2.75, 3.05) is 16.6 Å². The van der Waals surface area contributed by atoms with Crippen LogP contribution >= 0.6 is 11.3 Å². The Bertz CT molecular complexity index is 908. The third kappa shape index (κ3) is 5.23. The molecule has 0 saturated carbocycles. The summed E-state index contributed by atoms with van der Waals surface area (Å²) < 4.78 is 27.0. The highest BCUT2D eigenvalue weighted by Gasteiger charge is 2.23. The average molecular weight is 397 g/mol. The molecule has 1 aromatic carbocycles. The number of carbonyl (C=O) groups is 2. The van der Waals surface area contributed by atoms with E-state index in [0.29, 0.717) is 17.9 Å². The van der Waals surface area contributed by atoms with Crippen LogP contribution in [0.5, 0.6) is 0 Å². The number of carbonyl (C=O) groups excluding carboxylic acids is 2. The summed E-state index contributed by atoms with van der Waals surface area (Å²) >= 11 is 0.711. The van der Waals surface area contributed by atoms with Crippen LogP contribution in [0.4, 0.5) is 10.8 Å². The first kappa shape index (κ1) is 19.8. The maximum absolute atomic E-state index is 12.5. The third-order valence-corrected chi connectivity index (χ3v) is 5.58. The predicted molar refractivity (Wildman–Crippen MR) is 98.6 cm³/mol. The minimum absolute atomic E-state index is 0.0702. The smallest absolute Gasteiger partial charge is 0.291 e. The molecular formula is C15H19N5O4S2. The first-order valence-corrected chi connectivity index (χ1v) is 10.00. The summed E-state index contributed by atoms with van der Waals surface area (Å²) in [6.07, 6.45) is 0. The van der Waals surface area contributed by atoms with Gasteiger partial charge in [-0.05, 0) is 18.1 Å². The molecule has 0 radical (unpaired) electrons. The molecule has 140 valence electrons. The minimum Gasteiger partial charge on any atom is -0.352 e. The summed E-state index contributed by atoms with van der Waals surface area (Å²) in [4.78, 5) is 23.3. The molecule has 0 unspecified atom stereocenters. The second-order valence-corrected chi connectivity index (χ2v) is 8.64. The SMILES string of the molecule is CC(=O)Nc1nnc(S(=O)(=O)Nc2ccccc2C(=O)NCC(C)C)s1. The first-order chi connectivity index (χ1) is 12.2. The van der Waals surface area contributed by atoms with Crippen molar-refractivity contribution in [3.63, 3.8) is 0 Å². The highest BCUT2D eigenvalue weighted by Crippen LogP contribution is 2.24. The fourth-order valence-corrected chi connectivity index (χ4v) is 3.90. The van der Waals surface area contributed by atoms with E-state index in [1.54, 1.807) is 12.1 Å². The lowest BCUT2D eigenvalue weighted by Crippen LogP contribution is -2.28. The van der Waals surface area contributed by atoms with Crippen molar-refractivity contribution in [3.05, 3.63) is 29.8 Å². The van der Waals surface area contributed by atoms with Crippen LogP contribution in [0.1, 0.15) is 31.1 Å². The molecule has 3 N–H and O–H groups in total. The van der Waals surface area contributed by atoms with Crippen molar-refractivity contribution in [1.82, 2.24) is 15.5 Å². The van der Waals surface area contributed by atoms with Gasteiger partial charge < -0.3 is 10.6 Å². The first-order valence-electron chi connectivity index (χ1n) is 7.70. The van der Waals surface area contributed by atoms with E-state index < -0.39 is 10.0 Å². The van der Waals surface area contributed by atoms with Crippen LogP contribution in [0.3, 0.4) is 0 Å². The Morgan fingerprint density at radius 1 is 1.19 bits per heavy atom. The van der Waals surface area contributed by atoms with Gasteiger partial charge >= 0.3 is 0 Å². The van der Waals surface area contributed by atoms with E-state index in [1.165, 1.54) is 19.1 Å². The maximum atomic E-state index is 12.5. The van der Waals surface area contributed by atoms with Gasteiger partial charge in [0, 0.05) is 13.5 Å². The van der Waals surface area contributed by atoms with Crippen molar-refractivity contribution < 1.29 is 18.0 Å². The van der Waals surface area contributed by atoms with Crippen LogP contribution in [0.15, 0.2) is 28.6 Å². The van der Waals surface area contributed by atoms with E-state index in [2.05, 4.69) is 25.6 Å². The van der Waals surface area contributed by atoms with Crippen molar-refractivity contribution >= 4 is 44.0 Å². The Labute approximate surface area is 155 Å². The number of anilines is 2. The second-order valence-electron chi connectivity index (χ2n) is 5.81. The summed E-state index contributed by atoms with van der Waals surface area (Å²) in [6, 6.07) is 6.26. The highest BCUT2D eigenvalue weighted by molar-refractivity contribution is 7.94. The van der Waals surface area contributed by atoms with Gasteiger partial charge in [-0.15, -0.1) is 10.2 Å². The van der Waals surface area contributed by atoms with Crippen LogP contribution < -0.4 is 15.4 Å². The predicted octanol–water partition coefficient (Wildman–Crippen LogP) is 1.68. The molecule has 2 amide bonds. The molecule has 0 aliphatic heterocycles. The van der Waals surface area contributed by atoms with Gasteiger partial charge in [0.25, 0.3) is 20.3 Å². The maximum Gasteiger partial charge on any atom is 0.291 e. The van der Waals surface area contributed by atoms with Gasteiger partial charge in [-0.2, -0.15) is 8.42 Å². The molecule has 11 heteroatoms. The van der Waals surface area contributed by atoms with E-state index in [-0.39, 0.29) is 38.5 Å². The largest absolute Gasteiger partial charge is 0.352 e. The lowest BCUT2D eigenvalue weighted by molar-refractivity contribution is -0.114. The molecule has 0 aliphatic rings. The number of hydrogen-bond donors (Lipinski definition) is 3. The summed E-state index contributed by atoms with van der Waals surface area (Å²) in [5.74, 6) is -0.505. The van der Waals surface area contributed by atoms with Gasteiger partial charge in [-0.1, -0.05) is 37.3 Å². The van der Waals surface area contributed by atoms with Gasteiger partial charge in [0.1, 0.15) is 0 Å². The normalized spacial score (nSPS) is 11.2. The zero-order valence-corrected chi connectivity index (χ0v) is 16.1. The molecule has 0 fully saturated rings. The number of nitrogens with zero attached hydrogens (tertiary/aromatic N) is 2. The van der Waals surface area contributed by atoms with Gasteiger partial charge in [0.15, 0.2) is 0 Å². The molecule has 1 heterocycles. The van der Waals surface area contributed by atoms with Crippen LogP contribution in [-0.4, -0.2) is 37.0 Å². The van der Waals surface area contributed by atoms with Crippen molar-refractivity contribution in [1.29, 1.82) is 0 Å². The number of hydrogen-bond acceptors (Lipinski definition) is 7. The van der Waals surface area contributed by atoms with E-state index in [4.69, 9.17) is 0 Å². The van der Waals surface area contributed by atoms with Crippen molar-refractivity contribution in [2.45, 2.75) is 25.1 Å². The topological polar surface area (TPSA) is 130 Å². The molecule has 0 atom stereocenters. The molecule has 2 rings (SSSR count). The second kappa shape index (κ2) is 8.23. The molecule has 9 nitrogen and oxygen atoms in total. The van der Waals surface area contributed by atoms with Gasteiger partial charge in [0.2, 0.25) is 11.0 Å². The number of benzene rings is 1. The summed E-state index contributed by atoms with van der Waals surface area (Å²) in [5.41, 5.74) is 0.327. The Balaban J connectivity index is 2.23. The fraction of sp³-hybridized carbons (Fsp3) is 0.333. The van der Waals surface area contributed by atoms with Crippen molar-refractivity contribution in [2.24, 2.45) is 5.92 Å². The zero-order valence-electron chi connectivity index (χ0n) is 14.4. The van der Waals surface area contributed by atoms with Gasteiger partial charge in [0.05, 0.1) is 11.3 Å². The number of aromatic nitrogens is 2. The molecule has 2 aromatic rings. The number of amides is 2. The Morgan fingerprint density at radius 2 is 1.88 bits per heavy atom. The fourth-order valence-electron chi connectivity index (χ4n) is 1.87. The molecule has 0 saturated heterocycles. The number of rotatable bonds is 7. The lowest BCUT2D eigenvalue weighted by Gasteiger charge is -2.12. The summed E-state index contributed by atoms with van der Waals surface area (Å²) in [6.45, 7) is 5.66. The third-order valence-electron chi connectivity index (χ3n) is 3.01. The molecule has 0 spiro atoms. The van der Waals surface area contributed by atoms with Crippen LogP contribution in [-0.2, 0) is 14.8 Å². The van der Waals surface area contributed by atoms with Crippen molar-refractivity contribution in [3.8, 4) is 0 Å². The minimum atomic E-state index is -4.05. The molecule has 26 heavy (non-hydrogen) atoms. The van der Waals surface area contributed by atoms with Crippen LogP contribution in [0.2, 0.25) is 0 Å². The molecule has 0 aliphatic carbocycles. The van der Waals surface area contributed by atoms with Gasteiger partial charge in [-0.3, -0.25) is 14.3 Å². The Morgan fingerprint density at radius 3 is 2.54 bits per heavy atom.